The molecular weight excluding hydrogens is 494 g/mol. The molecule has 0 bridgehead atoms. The number of nitrogens with one attached hydrogen (secondary N) is 2. The van der Waals surface area contributed by atoms with Gasteiger partial charge < -0.3 is 19.9 Å². The number of aryl methyl sites for hydroxylation is 2. The van der Waals surface area contributed by atoms with Gasteiger partial charge in [-0.3, -0.25) is 4.79 Å². The lowest BCUT2D eigenvalue weighted by molar-refractivity contribution is 0.0950. The minimum atomic E-state index is -0.0730. The summed E-state index contributed by atoms with van der Waals surface area (Å²) in [5, 5.41) is 6.31. The van der Waals surface area contributed by atoms with Crippen molar-refractivity contribution in [3.63, 3.8) is 0 Å². The predicted molar refractivity (Wildman–Crippen MR) is 135 cm³/mol. The smallest absolute Gasteiger partial charge is 0.253 e. The molecule has 0 unspecified atom stereocenters. The van der Waals surface area contributed by atoms with Crippen molar-refractivity contribution in [2.75, 3.05) is 12.4 Å². The van der Waals surface area contributed by atoms with E-state index in [1.54, 1.807) is 7.11 Å². The number of methoxy groups -OCH3 is 1. The molecule has 0 saturated carbocycles. The van der Waals surface area contributed by atoms with Crippen LogP contribution < -0.4 is 15.4 Å². The van der Waals surface area contributed by atoms with Gasteiger partial charge >= 0.3 is 0 Å². The van der Waals surface area contributed by atoms with Crippen molar-refractivity contribution < 1.29 is 9.53 Å². The molecule has 2 aromatic heterocycles. The SMILES string of the molecule is COc1cc(Br)ccc1Nc1ncc2c(n1)-c1c(c(C(=O)NCc3ccccc3)cn1C)CC2. The molecule has 1 aliphatic rings. The Morgan fingerprint density at radius 1 is 1.18 bits per heavy atom. The summed E-state index contributed by atoms with van der Waals surface area (Å²) in [6.07, 6.45) is 5.31. The van der Waals surface area contributed by atoms with E-state index in [-0.39, 0.29) is 5.91 Å². The molecule has 5 rings (SSSR count). The van der Waals surface area contributed by atoms with Crippen molar-refractivity contribution >= 4 is 33.5 Å². The Bertz CT molecular complexity index is 1370. The summed E-state index contributed by atoms with van der Waals surface area (Å²) in [7, 11) is 3.58. The molecule has 2 heterocycles. The minimum absolute atomic E-state index is 0.0730. The van der Waals surface area contributed by atoms with E-state index >= 15 is 0 Å². The standard InChI is InChI=1S/C26H24BrN5O2/c1-32-15-20(25(33)28-13-16-6-4-3-5-7-16)19-10-8-17-14-29-26(31-23(17)24(19)32)30-21-11-9-18(27)12-22(21)34-2/h3-7,9,11-12,14-15H,8,10,13H2,1-2H3,(H,28,33)(H,29,30,31). The Morgan fingerprint density at radius 2 is 2.00 bits per heavy atom. The van der Waals surface area contributed by atoms with E-state index in [2.05, 4.69) is 31.5 Å². The first-order valence-electron chi connectivity index (χ1n) is 11.0. The maximum atomic E-state index is 13.0. The topological polar surface area (TPSA) is 81.1 Å². The highest BCUT2D eigenvalue weighted by molar-refractivity contribution is 9.10. The highest BCUT2D eigenvalue weighted by Gasteiger charge is 2.27. The van der Waals surface area contributed by atoms with Gasteiger partial charge in [0.2, 0.25) is 5.95 Å². The van der Waals surface area contributed by atoms with Crippen LogP contribution in [0.1, 0.15) is 27.0 Å². The summed E-state index contributed by atoms with van der Waals surface area (Å²) in [6.45, 7) is 0.491. The first kappa shape index (κ1) is 22.2. The first-order valence-corrected chi connectivity index (χ1v) is 11.8. The molecule has 1 amide bonds. The number of rotatable bonds is 6. The average Bonchev–Trinajstić information content (AvgIpc) is 3.21. The number of nitrogens with zero attached hydrogens (tertiary/aromatic N) is 3. The number of halogens is 1. The zero-order valence-electron chi connectivity index (χ0n) is 18.9. The number of anilines is 2. The normalized spacial score (nSPS) is 12.0. The molecular formula is C26H24BrN5O2. The van der Waals surface area contributed by atoms with E-state index in [1.165, 1.54) is 0 Å². The van der Waals surface area contributed by atoms with Gasteiger partial charge in [0.15, 0.2) is 0 Å². The van der Waals surface area contributed by atoms with E-state index in [1.807, 2.05) is 72.5 Å². The molecule has 34 heavy (non-hydrogen) atoms. The Labute approximate surface area is 206 Å². The summed E-state index contributed by atoms with van der Waals surface area (Å²) >= 11 is 3.46. The molecule has 0 fully saturated rings. The monoisotopic (exact) mass is 517 g/mol. The minimum Gasteiger partial charge on any atom is -0.495 e. The fourth-order valence-corrected chi connectivity index (χ4v) is 4.65. The van der Waals surface area contributed by atoms with Gasteiger partial charge in [0, 0.05) is 30.5 Å². The van der Waals surface area contributed by atoms with Crippen LogP contribution in [0.15, 0.2) is 65.4 Å². The Kier molecular flexibility index (Phi) is 6.06. The van der Waals surface area contributed by atoms with Gasteiger partial charge in [-0.2, -0.15) is 0 Å². The molecule has 2 N–H and O–H groups in total. The van der Waals surface area contributed by atoms with Crippen LogP contribution in [-0.2, 0) is 26.4 Å². The van der Waals surface area contributed by atoms with Gasteiger partial charge in [-0.05, 0) is 47.7 Å². The number of hydrogen-bond acceptors (Lipinski definition) is 5. The van der Waals surface area contributed by atoms with Crippen LogP contribution in [0.3, 0.4) is 0 Å². The zero-order valence-corrected chi connectivity index (χ0v) is 20.5. The molecule has 1 aliphatic carbocycles. The quantitative estimate of drug-likeness (QED) is 0.375. The Balaban J connectivity index is 1.43. The van der Waals surface area contributed by atoms with Gasteiger partial charge in [-0.15, -0.1) is 0 Å². The second-order valence-corrected chi connectivity index (χ2v) is 9.10. The molecule has 7 nitrogen and oxygen atoms in total. The average molecular weight is 518 g/mol. The molecule has 2 aromatic carbocycles. The van der Waals surface area contributed by atoms with Gasteiger partial charge in [0.05, 0.1) is 29.7 Å². The van der Waals surface area contributed by atoms with E-state index in [4.69, 9.17) is 9.72 Å². The number of amides is 1. The van der Waals surface area contributed by atoms with E-state index < -0.39 is 0 Å². The highest BCUT2D eigenvalue weighted by Crippen LogP contribution is 2.36. The highest BCUT2D eigenvalue weighted by atomic mass is 79.9. The third kappa shape index (κ3) is 4.28. The van der Waals surface area contributed by atoms with E-state index in [0.29, 0.717) is 23.8 Å². The van der Waals surface area contributed by atoms with Crippen LogP contribution >= 0.6 is 15.9 Å². The van der Waals surface area contributed by atoms with Gasteiger partial charge in [0.1, 0.15) is 5.75 Å². The number of ether oxygens (including phenoxy) is 1. The van der Waals surface area contributed by atoms with Crippen LogP contribution in [0, 0.1) is 0 Å². The molecule has 0 atom stereocenters. The largest absolute Gasteiger partial charge is 0.495 e. The van der Waals surface area contributed by atoms with Crippen LogP contribution in [0.5, 0.6) is 5.75 Å². The van der Waals surface area contributed by atoms with Crippen LogP contribution in [0.2, 0.25) is 0 Å². The molecule has 0 radical (unpaired) electrons. The first-order chi connectivity index (χ1) is 16.5. The fourth-order valence-electron chi connectivity index (χ4n) is 4.31. The number of carbonyl (C=O) groups is 1. The molecule has 8 heteroatoms. The lowest BCUT2D eigenvalue weighted by Crippen LogP contribution is -2.24. The lowest BCUT2D eigenvalue weighted by Gasteiger charge is -2.19. The Morgan fingerprint density at radius 3 is 2.79 bits per heavy atom. The van der Waals surface area contributed by atoms with E-state index in [9.17, 15) is 4.79 Å². The maximum Gasteiger partial charge on any atom is 0.253 e. The summed E-state index contributed by atoms with van der Waals surface area (Å²) in [6, 6.07) is 15.6. The lowest BCUT2D eigenvalue weighted by atomic mass is 9.92. The summed E-state index contributed by atoms with van der Waals surface area (Å²) < 4.78 is 8.39. The summed E-state index contributed by atoms with van der Waals surface area (Å²) in [4.78, 5) is 22.4. The number of carbonyl (C=O) groups excluding carboxylic acids is 1. The maximum absolute atomic E-state index is 13.0. The molecule has 172 valence electrons. The van der Waals surface area contributed by atoms with Crippen LogP contribution in [0.25, 0.3) is 11.4 Å². The summed E-state index contributed by atoms with van der Waals surface area (Å²) in [5.74, 6) is 1.09. The molecule has 0 saturated heterocycles. The number of fused-ring (bicyclic) bond motifs is 3. The fraction of sp³-hybridized carbons (Fsp3) is 0.192. The van der Waals surface area contributed by atoms with Crippen molar-refractivity contribution in [2.24, 2.45) is 7.05 Å². The van der Waals surface area contributed by atoms with Gasteiger partial charge in [-0.1, -0.05) is 46.3 Å². The Hall–Kier alpha value is -3.65. The van der Waals surface area contributed by atoms with Crippen molar-refractivity contribution in [2.45, 2.75) is 19.4 Å². The van der Waals surface area contributed by atoms with Crippen molar-refractivity contribution in [1.82, 2.24) is 19.9 Å². The van der Waals surface area contributed by atoms with Gasteiger partial charge in [-0.25, -0.2) is 9.97 Å². The molecule has 4 aromatic rings. The van der Waals surface area contributed by atoms with Crippen molar-refractivity contribution in [1.29, 1.82) is 0 Å². The second kappa shape index (κ2) is 9.30. The second-order valence-electron chi connectivity index (χ2n) is 8.19. The van der Waals surface area contributed by atoms with Crippen LogP contribution in [0.4, 0.5) is 11.6 Å². The van der Waals surface area contributed by atoms with E-state index in [0.717, 1.165) is 51.1 Å². The molecule has 0 aliphatic heterocycles. The molecule has 0 spiro atoms. The van der Waals surface area contributed by atoms with Crippen LogP contribution in [-0.4, -0.2) is 27.6 Å². The zero-order chi connectivity index (χ0) is 23.7. The number of benzene rings is 2. The number of hydrogen-bond donors (Lipinski definition) is 2. The van der Waals surface area contributed by atoms with Crippen molar-refractivity contribution in [3.05, 3.63) is 87.7 Å². The van der Waals surface area contributed by atoms with Gasteiger partial charge in [0.25, 0.3) is 5.91 Å². The number of aromatic nitrogens is 3. The summed E-state index contributed by atoms with van der Waals surface area (Å²) in [5.41, 5.74) is 6.43. The third-order valence-corrected chi connectivity index (χ3v) is 6.46. The predicted octanol–water partition coefficient (Wildman–Crippen LogP) is 5.03. The van der Waals surface area contributed by atoms with Crippen molar-refractivity contribution in [3.8, 4) is 17.1 Å². The third-order valence-electron chi connectivity index (χ3n) is 5.97.